The molecule has 0 N–H and O–H groups in total. The van der Waals surface area contributed by atoms with Crippen molar-refractivity contribution >= 4 is 29.0 Å². The predicted molar refractivity (Wildman–Crippen MR) is 102 cm³/mol. The zero-order valence-electron chi connectivity index (χ0n) is 13.4. The maximum absolute atomic E-state index is 13.2. The van der Waals surface area contributed by atoms with Crippen molar-refractivity contribution in [2.75, 3.05) is 0 Å². The molecule has 2 aromatic heterocycles. The lowest BCUT2D eigenvalue weighted by molar-refractivity contribution is 0.103. The number of benzene rings is 2. The standard InChI is InChI=1S/C21H12Cl2O3/c22-17-7-3-1-5-13(17)20-15(9-11-25-20)19(24)16-10-12-26-21(16)14-6-2-4-8-18(14)23/h1-12H. The first-order chi connectivity index (χ1) is 12.7. The summed E-state index contributed by atoms with van der Waals surface area (Å²) < 4.78 is 11.1. The van der Waals surface area contributed by atoms with Gasteiger partial charge in [-0.25, -0.2) is 0 Å². The van der Waals surface area contributed by atoms with Crippen LogP contribution in [0.15, 0.2) is 82.0 Å². The van der Waals surface area contributed by atoms with Gasteiger partial charge in [0.1, 0.15) is 11.5 Å². The lowest BCUT2D eigenvalue weighted by Gasteiger charge is -2.06. The Balaban J connectivity index is 1.81. The summed E-state index contributed by atoms with van der Waals surface area (Å²) in [7, 11) is 0. The normalized spacial score (nSPS) is 10.8. The number of ketones is 1. The highest BCUT2D eigenvalue weighted by Crippen LogP contribution is 2.36. The number of carbonyl (C=O) groups is 1. The van der Waals surface area contributed by atoms with Crippen LogP contribution < -0.4 is 0 Å². The second kappa shape index (κ2) is 6.87. The van der Waals surface area contributed by atoms with Crippen LogP contribution in [-0.4, -0.2) is 5.78 Å². The van der Waals surface area contributed by atoms with Gasteiger partial charge in [-0.05, 0) is 36.4 Å². The second-order valence-corrected chi connectivity index (χ2v) is 6.43. The molecule has 128 valence electrons. The molecule has 0 spiro atoms. The molecule has 26 heavy (non-hydrogen) atoms. The van der Waals surface area contributed by atoms with Gasteiger partial charge in [0.15, 0.2) is 0 Å². The van der Waals surface area contributed by atoms with E-state index in [1.54, 1.807) is 24.3 Å². The Labute approximate surface area is 159 Å². The minimum absolute atomic E-state index is 0.225. The minimum Gasteiger partial charge on any atom is -0.464 e. The number of hydrogen-bond donors (Lipinski definition) is 0. The van der Waals surface area contributed by atoms with Gasteiger partial charge in [-0.15, -0.1) is 0 Å². The van der Waals surface area contributed by atoms with Crippen LogP contribution in [0.5, 0.6) is 0 Å². The molecule has 4 aromatic rings. The first kappa shape index (κ1) is 16.7. The molecule has 0 amide bonds. The Kier molecular flexibility index (Phi) is 4.41. The van der Waals surface area contributed by atoms with E-state index in [2.05, 4.69) is 0 Å². The zero-order valence-corrected chi connectivity index (χ0v) is 14.9. The van der Waals surface area contributed by atoms with Gasteiger partial charge in [-0.3, -0.25) is 4.79 Å². The number of halogens is 2. The fourth-order valence-corrected chi connectivity index (χ4v) is 3.27. The highest BCUT2D eigenvalue weighted by molar-refractivity contribution is 6.34. The topological polar surface area (TPSA) is 43.4 Å². The summed E-state index contributed by atoms with van der Waals surface area (Å²) in [6, 6.07) is 17.7. The van der Waals surface area contributed by atoms with Crippen LogP contribution in [0.1, 0.15) is 15.9 Å². The molecule has 0 aliphatic rings. The Morgan fingerprint density at radius 2 is 1.08 bits per heavy atom. The minimum atomic E-state index is -0.225. The highest BCUT2D eigenvalue weighted by atomic mass is 35.5. The van der Waals surface area contributed by atoms with Gasteiger partial charge >= 0.3 is 0 Å². The summed E-state index contributed by atoms with van der Waals surface area (Å²) in [5.41, 5.74) is 2.14. The largest absolute Gasteiger partial charge is 0.464 e. The Morgan fingerprint density at radius 3 is 1.50 bits per heavy atom. The molecule has 0 radical (unpaired) electrons. The van der Waals surface area contributed by atoms with E-state index in [9.17, 15) is 4.79 Å². The highest BCUT2D eigenvalue weighted by Gasteiger charge is 2.24. The quantitative estimate of drug-likeness (QED) is 0.366. The van der Waals surface area contributed by atoms with E-state index in [4.69, 9.17) is 32.0 Å². The van der Waals surface area contributed by atoms with Gasteiger partial charge in [0, 0.05) is 11.1 Å². The lowest BCUT2D eigenvalue weighted by atomic mass is 9.98. The second-order valence-electron chi connectivity index (χ2n) is 5.62. The van der Waals surface area contributed by atoms with Crippen molar-refractivity contribution in [2.45, 2.75) is 0 Å². The number of furan rings is 2. The van der Waals surface area contributed by atoms with Crippen molar-refractivity contribution < 1.29 is 13.6 Å². The smallest absolute Gasteiger partial charge is 0.200 e. The molecule has 5 heteroatoms. The summed E-state index contributed by atoms with van der Waals surface area (Å²) in [5, 5.41) is 1.02. The van der Waals surface area contributed by atoms with E-state index in [-0.39, 0.29) is 5.78 Å². The van der Waals surface area contributed by atoms with Crippen LogP contribution in [0.2, 0.25) is 10.0 Å². The van der Waals surface area contributed by atoms with E-state index in [0.29, 0.717) is 43.8 Å². The predicted octanol–water partition coefficient (Wildman–Crippen LogP) is 6.74. The number of rotatable bonds is 4. The van der Waals surface area contributed by atoms with Gasteiger partial charge in [0.2, 0.25) is 5.78 Å². The van der Waals surface area contributed by atoms with Gasteiger partial charge in [-0.1, -0.05) is 47.5 Å². The van der Waals surface area contributed by atoms with Crippen LogP contribution in [-0.2, 0) is 0 Å². The van der Waals surface area contributed by atoms with Crippen molar-refractivity contribution in [3.8, 4) is 22.6 Å². The molecule has 0 atom stereocenters. The fourth-order valence-electron chi connectivity index (χ4n) is 2.83. The molecule has 2 heterocycles. The maximum atomic E-state index is 13.2. The summed E-state index contributed by atoms with van der Waals surface area (Å²) >= 11 is 12.5. The zero-order chi connectivity index (χ0) is 18.1. The molecule has 0 fully saturated rings. The SMILES string of the molecule is O=C(c1ccoc1-c1ccccc1Cl)c1ccoc1-c1ccccc1Cl. The molecule has 2 aromatic carbocycles. The van der Waals surface area contributed by atoms with Crippen molar-refractivity contribution in [3.63, 3.8) is 0 Å². The van der Waals surface area contributed by atoms with Crippen LogP contribution in [0.4, 0.5) is 0 Å². The molecule has 0 saturated carbocycles. The van der Waals surface area contributed by atoms with Crippen LogP contribution in [0, 0.1) is 0 Å². The monoisotopic (exact) mass is 382 g/mol. The Bertz CT molecular complexity index is 1010. The first-order valence-corrected chi connectivity index (χ1v) is 8.62. The summed E-state index contributed by atoms with van der Waals surface area (Å²) in [4.78, 5) is 13.2. The average Bonchev–Trinajstić information content (AvgIpc) is 3.31. The summed E-state index contributed by atoms with van der Waals surface area (Å²) in [6.45, 7) is 0. The Hall–Kier alpha value is -2.75. The van der Waals surface area contributed by atoms with Gasteiger partial charge < -0.3 is 8.83 Å². The molecule has 4 rings (SSSR count). The van der Waals surface area contributed by atoms with Crippen molar-refractivity contribution in [1.82, 2.24) is 0 Å². The lowest BCUT2D eigenvalue weighted by Crippen LogP contribution is -2.02. The third kappa shape index (κ3) is 2.85. The van der Waals surface area contributed by atoms with Crippen molar-refractivity contribution in [1.29, 1.82) is 0 Å². The third-order valence-corrected chi connectivity index (χ3v) is 4.72. The molecule has 0 unspecified atom stereocenters. The summed E-state index contributed by atoms with van der Waals surface area (Å²) in [5.74, 6) is 0.621. The Morgan fingerprint density at radius 1 is 0.654 bits per heavy atom. The number of carbonyl (C=O) groups excluding carboxylic acids is 1. The van der Waals surface area contributed by atoms with Crippen LogP contribution in [0.25, 0.3) is 22.6 Å². The van der Waals surface area contributed by atoms with Gasteiger partial charge in [0.25, 0.3) is 0 Å². The number of hydrogen-bond acceptors (Lipinski definition) is 3. The van der Waals surface area contributed by atoms with E-state index < -0.39 is 0 Å². The molecule has 0 saturated heterocycles. The average molecular weight is 383 g/mol. The van der Waals surface area contributed by atoms with E-state index in [0.717, 1.165) is 0 Å². The maximum Gasteiger partial charge on any atom is 0.200 e. The first-order valence-electron chi connectivity index (χ1n) is 7.86. The molecular weight excluding hydrogens is 371 g/mol. The fraction of sp³-hybridized carbons (Fsp3) is 0. The summed E-state index contributed by atoms with van der Waals surface area (Å²) in [6.07, 6.45) is 2.95. The van der Waals surface area contributed by atoms with E-state index in [1.807, 2.05) is 36.4 Å². The molecule has 0 aliphatic carbocycles. The van der Waals surface area contributed by atoms with E-state index in [1.165, 1.54) is 12.5 Å². The van der Waals surface area contributed by atoms with Crippen LogP contribution in [0.3, 0.4) is 0 Å². The third-order valence-electron chi connectivity index (χ3n) is 4.06. The molecule has 0 aliphatic heterocycles. The molecule has 3 nitrogen and oxygen atoms in total. The van der Waals surface area contributed by atoms with E-state index >= 15 is 0 Å². The molecular formula is C21H12Cl2O3. The molecule has 0 bridgehead atoms. The van der Waals surface area contributed by atoms with Gasteiger partial charge in [-0.2, -0.15) is 0 Å². The van der Waals surface area contributed by atoms with Crippen molar-refractivity contribution in [3.05, 3.63) is 94.4 Å². The van der Waals surface area contributed by atoms with Gasteiger partial charge in [0.05, 0.1) is 33.7 Å². The van der Waals surface area contributed by atoms with Crippen LogP contribution >= 0.6 is 23.2 Å². The van der Waals surface area contributed by atoms with Crippen molar-refractivity contribution in [2.24, 2.45) is 0 Å².